The van der Waals surface area contributed by atoms with Gasteiger partial charge in [0.2, 0.25) is 0 Å². The summed E-state index contributed by atoms with van der Waals surface area (Å²) in [5.41, 5.74) is 0.573. The molecule has 15 heavy (non-hydrogen) atoms. The molecule has 0 aromatic heterocycles. The second kappa shape index (κ2) is 4.37. The second-order valence-corrected chi connectivity index (χ2v) is 6.50. The van der Waals surface area contributed by atoms with Crippen LogP contribution in [0.1, 0.15) is 58.8 Å². The molecule has 0 amide bonds. The first-order valence-electron chi connectivity index (χ1n) is 6.32. The molecule has 0 N–H and O–H groups in total. The zero-order valence-corrected chi connectivity index (χ0v) is 11.6. The van der Waals surface area contributed by atoms with Gasteiger partial charge in [-0.05, 0) is 38.0 Å². The van der Waals surface area contributed by atoms with E-state index in [2.05, 4.69) is 29.8 Å². The van der Waals surface area contributed by atoms with Crippen molar-refractivity contribution in [3.8, 4) is 0 Å². The van der Waals surface area contributed by atoms with E-state index in [4.69, 9.17) is 4.74 Å². The second-order valence-electron chi connectivity index (χ2n) is 5.94. The molecule has 0 spiro atoms. The van der Waals surface area contributed by atoms with Crippen LogP contribution in [0.2, 0.25) is 0 Å². The molecule has 1 heterocycles. The highest BCUT2D eigenvalue weighted by atomic mass is 79.9. The standard InChI is InChI=1S/C13H23BrO/c1-12(7-4-3-5-8-12)11-6-9-13(2,10-14)15-11/h11H,3-10H2,1-2H3. The molecule has 2 heteroatoms. The molecular weight excluding hydrogens is 252 g/mol. The molecule has 1 aliphatic heterocycles. The van der Waals surface area contributed by atoms with Crippen LogP contribution in [0.4, 0.5) is 0 Å². The van der Waals surface area contributed by atoms with Crippen LogP contribution >= 0.6 is 15.9 Å². The molecule has 2 unspecified atom stereocenters. The van der Waals surface area contributed by atoms with Gasteiger partial charge in [0.1, 0.15) is 0 Å². The summed E-state index contributed by atoms with van der Waals surface area (Å²) in [5, 5.41) is 0.979. The number of hydrogen-bond acceptors (Lipinski definition) is 1. The highest BCUT2D eigenvalue weighted by Crippen LogP contribution is 2.47. The Bertz CT molecular complexity index is 223. The first-order valence-corrected chi connectivity index (χ1v) is 7.44. The Morgan fingerprint density at radius 2 is 1.80 bits per heavy atom. The highest BCUT2D eigenvalue weighted by molar-refractivity contribution is 9.09. The van der Waals surface area contributed by atoms with Gasteiger partial charge < -0.3 is 4.74 Å². The van der Waals surface area contributed by atoms with Crippen molar-refractivity contribution in [3.63, 3.8) is 0 Å². The van der Waals surface area contributed by atoms with Crippen LogP contribution in [0, 0.1) is 5.41 Å². The average Bonchev–Trinajstić information content (AvgIpc) is 2.64. The Morgan fingerprint density at radius 1 is 1.13 bits per heavy atom. The Kier molecular flexibility index (Phi) is 3.47. The van der Waals surface area contributed by atoms with Crippen molar-refractivity contribution in [2.75, 3.05) is 5.33 Å². The van der Waals surface area contributed by atoms with Crippen LogP contribution in [0.25, 0.3) is 0 Å². The molecule has 1 nitrogen and oxygen atoms in total. The van der Waals surface area contributed by atoms with Gasteiger partial charge in [-0.3, -0.25) is 0 Å². The highest BCUT2D eigenvalue weighted by Gasteiger charge is 2.44. The van der Waals surface area contributed by atoms with E-state index >= 15 is 0 Å². The summed E-state index contributed by atoms with van der Waals surface area (Å²) < 4.78 is 6.29. The number of halogens is 1. The SMILES string of the molecule is CC1(CBr)CCC(C2(C)CCCCC2)O1. The van der Waals surface area contributed by atoms with Gasteiger partial charge in [-0.15, -0.1) is 0 Å². The quantitative estimate of drug-likeness (QED) is 0.683. The van der Waals surface area contributed by atoms with E-state index in [1.54, 1.807) is 0 Å². The van der Waals surface area contributed by atoms with Gasteiger partial charge in [-0.2, -0.15) is 0 Å². The van der Waals surface area contributed by atoms with Crippen molar-refractivity contribution >= 4 is 15.9 Å². The summed E-state index contributed by atoms with van der Waals surface area (Å²) in [4.78, 5) is 0. The summed E-state index contributed by atoms with van der Waals surface area (Å²) in [5.74, 6) is 0. The van der Waals surface area contributed by atoms with Crippen molar-refractivity contribution < 1.29 is 4.74 Å². The largest absolute Gasteiger partial charge is 0.371 e. The van der Waals surface area contributed by atoms with Crippen LogP contribution in [0.15, 0.2) is 0 Å². The van der Waals surface area contributed by atoms with E-state index < -0.39 is 0 Å². The Hall–Kier alpha value is 0.440. The van der Waals surface area contributed by atoms with Crippen molar-refractivity contribution in [3.05, 3.63) is 0 Å². The molecular formula is C13H23BrO. The molecule has 2 rings (SSSR count). The van der Waals surface area contributed by atoms with E-state index in [9.17, 15) is 0 Å². The average molecular weight is 275 g/mol. The minimum atomic E-state index is 0.102. The van der Waals surface area contributed by atoms with E-state index in [-0.39, 0.29) is 5.60 Å². The number of rotatable bonds is 2. The zero-order chi connectivity index (χ0) is 10.9. The van der Waals surface area contributed by atoms with Crippen LogP contribution in [-0.2, 0) is 4.74 Å². The van der Waals surface area contributed by atoms with Gasteiger partial charge in [0, 0.05) is 5.33 Å². The van der Waals surface area contributed by atoms with Crippen molar-refractivity contribution in [1.82, 2.24) is 0 Å². The van der Waals surface area contributed by atoms with Crippen LogP contribution in [0.5, 0.6) is 0 Å². The van der Waals surface area contributed by atoms with Gasteiger partial charge in [0.05, 0.1) is 11.7 Å². The topological polar surface area (TPSA) is 9.23 Å². The fourth-order valence-corrected chi connectivity index (χ4v) is 3.58. The maximum Gasteiger partial charge on any atom is 0.0755 e. The first-order chi connectivity index (χ1) is 7.08. The normalized spacial score (nSPS) is 40.6. The molecule has 0 bridgehead atoms. The lowest BCUT2D eigenvalue weighted by Crippen LogP contribution is -2.37. The fraction of sp³-hybridized carbons (Fsp3) is 1.00. The van der Waals surface area contributed by atoms with E-state index in [1.165, 1.54) is 44.9 Å². The zero-order valence-electron chi connectivity index (χ0n) is 10.0. The smallest absolute Gasteiger partial charge is 0.0755 e. The molecule has 2 atom stereocenters. The Labute approximate surface area is 102 Å². The first kappa shape index (κ1) is 11.9. The summed E-state index contributed by atoms with van der Waals surface area (Å²) in [6.45, 7) is 4.69. The summed E-state index contributed by atoms with van der Waals surface area (Å²) in [6, 6.07) is 0. The fourth-order valence-electron chi connectivity index (χ4n) is 3.17. The van der Waals surface area contributed by atoms with E-state index in [0.717, 1.165) is 5.33 Å². The minimum absolute atomic E-state index is 0.102. The monoisotopic (exact) mass is 274 g/mol. The molecule has 1 saturated carbocycles. The Morgan fingerprint density at radius 3 is 2.33 bits per heavy atom. The lowest BCUT2D eigenvalue weighted by molar-refractivity contribution is -0.0798. The third kappa shape index (κ3) is 2.41. The van der Waals surface area contributed by atoms with E-state index in [0.29, 0.717) is 11.5 Å². The molecule has 2 aliphatic rings. The van der Waals surface area contributed by atoms with Gasteiger partial charge in [-0.1, -0.05) is 42.1 Å². The van der Waals surface area contributed by atoms with Crippen molar-refractivity contribution in [2.45, 2.75) is 70.5 Å². The molecule has 2 fully saturated rings. The summed E-state index contributed by atoms with van der Waals surface area (Å²) >= 11 is 3.58. The third-order valence-electron chi connectivity index (χ3n) is 4.42. The predicted octanol–water partition coefficient (Wildman–Crippen LogP) is 4.29. The third-order valence-corrected chi connectivity index (χ3v) is 5.60. The number of alkyl halides is 1. The maximum atomic E-state index is 6.29. The van der Waals surface area contributed by atoms with Crippen LogP contribution < -0.4 is 0 Å². The molecule has 88 valence electrons. The van der Waals surface area contributed by atoms with Gasteiger partial charge in [0.15, 0.2) is 0 Å². The Balaban J connectivity index is 2.00. The predicted molar refractivity (Wildman–Crippen MR) is 67.5 cm³/mol. The van der Waals surface area contributed by atoms with Crippen molar-refractivity contribution in [2.24, 2.45) is 5.41 Å². The molecule has 1 saturated heterocycles. The van der Waals surface area contributed by atoms with Gasteiger partial charge in [0.25, 0.3) is 0 Å². The van der Waals surface area contributed by atoms with Gasteiger partial charge >= 0.3 is 0 Å². The molecule has 0 aromatic carbocycles. The maximum absolute atomic E-state index is 6.29. The lowest BCUT2D eigenvalue weighted by Gasteiger charge is -2.39. The summed E-state index contributed by atoms with van der Waals surface area (Å²) in [6.07, 6.45) is 9.98. The molecule has 0 radical (unpaired) electrons. The molecule has 0 aromatic rings. The van der Waals surface area contributed by atoms with Crippen LogP contribution in [-0.4, -0.2) is 17.0 Å². The van der Waals surface area contributed by atoms with Crippen LogP contribution in [0.3, 0.4) is 0 Å². The van der Waals surface area contributed by atoms with Crippen molar-refractivity contribution in [1.29, 1.82) is 0 Å². The van der Waals surface area contributed by atoms with Gasteiger partial charge in [-0.25, -0.2) is 0 Å². The number of hydrogen-bond donors (Lipinski definition) is 0. The summed E-state index contributed by atoms with van der Waals surface area (Å²) in [7, 11) is 0. The lowest BCUT2D eigenvalue weighted by atomic mass is 9.71. The molecule has 1 aliphatic carbocycles. The number of ether oxygens (including phenoxy) is 1. The van der Waals surface area contributed by atoms with E-state index in [1.807, 2.05) is 0 Å². The minimum Gasteiger partial charge on any atom is -0.371 e.